The summed E-state index contributed by atoms with van der Waals surface area (Å²) in [7, 11) is 3.20. The minimum atomic E-state index is -0.629. The van der Waals surface area contributed by atoms with Crippen molar-refractivity contribution in [3.05, 3.63) is 95.1 Å². The summed E-state index contributed by atoms with van der Waals surface area (Å²) >= 11 is 0. The van der Waals surface area contributed by atoms with Crippen LogP contribution >= 0.6 is 0 Å². The fraction of sp³-hybridized carbons (Fsp3) is 0.375. The van der Waals surface area contributed by atoms with Gasteiger partial charge in [-0.1, -0.05) is 80.1 Å². The molecule has 0 aliphatic rings. The lowest BCUT2D eigenvalue weighted by atomic mass is 10.0. The van der Waals surface area contributed by atoms with Gasteiger partial charge in [0.25, 0.3) is 0 Å². The SMILES string of the molecule is COc1ccc(CCC(=O)N(Cc2ccc(C)cc2)C(Cc2ccccc2)C(=O)NCC(C)C)cc1OC. The predicted molar refractivity (Wildman–Crippen MR) is 151 cm³/mol. The van der Waals surface area contributed by atoms with Crippen LogP contribution in [0.1, 0.15) is 42.5 Å². The van der Waals surface area contributed by atoms with Crippen LogP contribution in [0.2, 0.25) is 0 Å². The Balaban J connectivity index is 1.89. The fourth-order valence-electron chi connectivity index (χ4n) is 4.30. The van der Waals surface area contributed by atoms with Crippen molar-refractivity contribution in [1.82, 2.24) is 10.2 Å². The summed E-state index contributed by atoms with van der Waals surface area (Å²) < 4.78 is 10.8. The number of carbonyl (C=O) groups is 2. The Kier molecular flexibility index (Phi) is 10.8. The average molecular weight is 517 g/mol. The van der Waals surface area contributed by atoms with Crippen molar-refractivity contribution >= 4 is 11.8 Å². The predicted octanol–water partition coefficient (Wildman–Crippen LogP) is 5.36. The quantitative estimate of drug-likeness (QED) is 0.332. The Morgan fingerprint density at radius 1 is 0.842 bits per heavy atom. The van der Waals surface area contributed by atoms with Crippen LogP contribution in [0.4, 0.5) is 0 Å². The largest absolute Gasteiger partial charge is 0.493 e. The van der Waals surface area contributed by atoms with Crippen LogP contribution in [0.15, 0.2) is 72.8 Å². The number of hydrogen-bond acceptors (Lipinski definition) is 4. The lowest BCUT2D eigenvalue weighted by molar-refractivity contribution is -0.141. The first-order valence-electron chi connectivity index (χ1n) is 13.2. The zero-order chi connectivity index (χ0) is 27.5. The van der Waals surface area contributed by atoms with Gasteiger partial charge in [0.05, 0.1) is 14.2 Å². The third-order valence-corrected chi connectivity index (χ3v) is 6.50. The maximum atomic E-state index is 13.8. The molecular formula is C32H40N2O4. The fourth-order valence-corrected chi connectivity index (χ4v) is 4.30. The van der Waals surface area contributed by atoms with Crippen molar-refractivity contribution in [3.8, 4) is 11.5 Å². The van der Waals surface area contributed by atoms with Crippen LogP contribution in [-0.4, -0.2) is 43.5 Å². The summed E-state index contributed by atoms with van der Waals surface area (Å²) in [4.78, 5) is 29.1. The van der Waals surface area contributed by atoms with E-state index in [0.717, 1.165) is 22.3 Å². The number of amides is 2. The van der Waals surface area contributed by atoms with Gasteiger partial charge in [-0.3, -0.25) is 9.59 Å². The molecular weight excluding hydrogens is 476 g/mol. The van der Waals surface area contributed by atoms with Gasteiger partial charge in [-0.15, -0.1) is 0 Å². The van der Waals surface area contributed by atoms with Crippen LogP contribution in [-0.2, 0) is 29.0 Å². The maximum absolute atomic E-state index is 13.8. The van der Waals surface area contributed by atoms with E-state index in [1.165, 1.54) is 0 Å². The first-order chi connectivity index (χ1) is 18.3. The molecule has 1 unspecified atom stereocenters. The molecule has 0 radical (unpaired) electrons. The second kappa shape index (κ2) is 14.2. The maximum Gasteiger partial charge on any atom is 0.243 e. The van der Waals surface area contributed by atoms with Gasteiger partial charge in [-0.05, 0) is 48.1 Å². The van der Waals surface area contributed by atoms with E-state index in [2.05, 4.69) is 19.2 Å². The topological polar surface area (TPSA) is 67.9 Å². The van der Waals surface area contributed by atoms with E-state index in [4.69, 9.17) is 9.47 Å². The van der Waals surface area contributed by atoms with Crippen molar-refractivity contribution in [2.75, 3.05) is 20.8 Å². The van der Waals surface area contributed by atoms with Gasteiger partial charge in [0.2, 0.25) is 11.8 Å². The Morgan fingerprint density at radius 2 is 1.50 bits per heavy atom. The van der Waals surface area contributed by atoms with Gasteiger partial charge in [-0.2, -0.15) is 0 Å². The zero-order valence-electron chi connectivity index (χ0n) is 23.2. The summed E-state index contributed by atoms with van der Waals surface area (Å²) in [5.41, 5.74) is 4.12. The second-order valence-electron chi connectivity index (χ2n) is 10.0. The van der Waals surface area contributed by atoms with Gasteiger partial charge in [0.15, 0.2) is 11.5 Å². The van der Waals surface area contributed by atoms with Crippen LogP contribution in [0.3, 0.4) is 0 Å². The molecule has 2 amide bonds. The van der Waals surface area contributed by atoms with Crippen molar-refractivity contribution in [3.63, 3.8) is 0 Å². The molecule has 38 heavy (non-hydrogen) atoms. The molecule has 0 aromatic heterocycles. The molecule has 3 aromatic carbocycles. The molecule has 0 saturated carbocycles. The van der Waals surface area contributed by atoms with Crippen molar-refractivity contribution < 1.29 is 19.1 Å². The van der Waals surface area contributed by atoms with Crippen LogP contribution in [0.25, 0.3) is 0 Å². The Hall–Kier alpha value is -3.80. The highest BCUT2D eigenvalue weighted by Gasteiger charge is 2.30. The highest BCUT2D eigenvalue weighted by molar-refractivity contribution is 5.88. The minimum absolute atomic E-state index is 0.0685. The number of nitrogens with zero attached hydrogens (tertiary/aromatic N) is 1. The third-order valence-electron chi connectivity index (χ3n) is 6.50. The highest BCUT2D eigenvalue weighted by atomic mass is 16.5. The molecule has 3 rings (SSSR count). The minimum Gasteiger partial charge on any atom is -0.493 e. The number of hydrogen-bond donors (Lipinski definition) is 1. The Morgan fingerprint density at radius 3 is 2.13 bits per heavy atom. The molecule has 1 N–H and O–H groups in total. The highest BCUT2D eigenvalue weighted by Crippen LogP contribution is 2.28. The summed E-state index contributed by atoms with van der Waals surface area (Å²) in [6, 6.07) is 23.0. The summed E-state index contributed by atoms with van der Waals surface area (Å²) in [6.07, 6.45) is 1.23. The molecule has 3 aromatic rings. The molecule has 202 valence electrons. The molecule has 0 saturated heterocycles. The molecule has 0 heterocycles. The molecule has 6 nitrogen and oxygen atoms in total. The third kappa shape index (κ3) is 8.37. The van der Waals surface area contributed by atoms with Crippen LogP contribution in [0, 0.1) is 12.8 Å². The van der Waals surface area contributed by atoms with Crippen LogP contribution in [0.5, 0.6) is 11.5 Å². The summed E-state index contributed by atoms with van der Waals surface area (Å²) in [5, 5.41) is 3.07. The number of methoxy groups -OCH3 is 2. The Labute approximate surface area is 227 Å². The van der Waals surface area contributed by atoms with Crippen molar-refractivity contribution in [2.24, 2.45) is 5.92 Å². The van der Waals surface area contributed by atoms with E-state index in [1.807, 2.05) is 79.7 Å². The van der Waals surface area contributed by atoms with E-state index in [0.29, 0.717) is 43.3 Å². The number of nitrogens with one attached hydrogen (secondary N) is 1. The number of benzene rings is 3. The summed E-state index contributed by atoms with van der Waals surface area (Å²) in [5.74, 6) is 1.38. The van der Waals surface area contributed by atoms with E-state index in [1.54, 1.807) is 19.1 Å². The van der Waals surface area contributed by atoms with Gasteiger partial charge in [0, 0.05) is 25.9 Å². The number of carbonyl (C=O) groups excluding carboxylic acids is 2. The van der Waals surface area contributed by atoms with Crippen LogP contribution < -0.4 is 14.8 Å². The molecule has 0 aliphatic heterocycles. The van der Waals surface area contributed by atoms with E-state index in [-0.39, 0.29) is 18.2 Å². The first kappa shape index (κ1) is 28.8. The van der Waals surface area contributed by atoms with Gasteiger partial charge in [-0.25, -0.2) is 0 Å². The van der Waals surface area contributed by atoms with Crippen molar-refractivity contribution in [1.29, 1.82) is 0 Å². The first-order valence-corrected chi connectivity index (χ1v) is 13.2. The number of ether oxygens (including phenoxy) is 2. The number of rotatable bonds is 13. The molecule has 0 fully saturated rings. The van der Waals surface area contributed by atoms with Gasteiger partial charge < -0.3 is 19.7 Å². The van der Waals surface area contributed by atoms with Crippen molar-refractivity contribution in [2.45, 2.75) is 52.6 Å². The smallest absolute Gasteiger partial charge is 0.243 e. The second-order valence-corrected chi connectivity index (χ2v) is 10.0. The lowest BCUT2D eigenvalue weighted by Gasteiger charge is -2.32. The molecule has 0 bridgehead atoms. The summed E-state index contributed by atoms with van der Waals surface area (Å²) in [6.45, 7) is 7.07. The van der Waals surface area contributed by atoms with Gasteiger partial charge in [0.1, 0.15) is 6.04 Å². The standard InChI is InChI=1S/C32H40N2O4/c1-23(2)21-33-32(36)28(19-25-9-7-6-8-10-25)34(22-27-13-11-24(3)12-14-27)31(35)18-16-26-15-17-29(37-4)30(20-26)38-5/h6-15,17,20,23,28H,16,18-19,21-22H2,1-5H3,(H,33,36). The molecule has 1 atom stereocenters. The number of aryl methyl sites for hydroxylation is 2. The Bertz CT molecular complexity index is 1180. The lowest BCUT2D eigenvalue weighted by Crippen LogP contribution is -2.51. The molecule has 6 heteroatoms. The van der Waals surface area contributed by atoms with Gasteiger partial charge >= 0.3 is 0 Å². The monoisotopic (exact) mass is 516 g/mol. The zero-order valence-corrected chi connectivity index (χ0v) is 23.2. The molecule has 0 aliphatic carbocycles. The molecule has 0 spiro atoms. The van der Waals surface area contributed by atoms with E-state index >= 15 is 0 Å². The van der Waals surface area contributed by atoms with E-state index < -0.39 is 6.04 Å². The van der Waals surface area contributed by atoms with E-state index in [9.17, 15) is 9.59 Å². The average Bonchev–Trinajstić information content (AvgIpc) is 2.93. The normalized spacial score (nSPS) is 11.6.